The van der Waals surface area contributed by atoms with Gasteiger partial charge in [-0.1, -0.05) is 23.7 Å². The van der Waals surface area contributed by atoms with E-state index in [2.05, 4.69) is 16.7 Å². The summed E-state index contributed by atoms with van der Waals surface area (Å²) in [5, 5.41) is 7.18. The molecule has 2 N–H and O–H groups in total. The molecular weight excluding hydrogens is 184 g/mol. The van der Waals surface area contributed by atoms with Crippen molar-refractivity contribution in [2.24, 2.45) is 0 Å². The quantitative estimate of drug-likeness (QED) is 0.704. The summed E-state index contributed by atoms with van der Waals surface area (Å²) in [7, 11) is 1.95. The zero-order valence-electron chi connectivity index (χ0n) is 7.81. The molecule has 0 amide bonds. The SMILES string of the molecule is CNCCNCc1cccc(Cl)c1. The Labute approximate surface area is 84.3 Å². The van der Waals surface area contributed by atoms with Crippen LogP contribution in [0.2, 0.25) is 5.02 Å². The monoisotopic (exact) mass is 198 g/mol. The standard InChI is InChI=1S/C10H15ClN2/c1-12-5-6-13-8-9-3-2-4-10(11)7-9/h2-4,7,12-13H,5-6,8H2,1H3. The number of rotatable bonds is 5. The van der Waals surface area contributed by atoms with Crippen molar-refractivity contribution in [3.05, 3.63) is 34.9 Å². The van der Waals surface area contributed by atoms with E-state index < -0.39 is 0 Å². The van der Waals surface area contributed by atoms with Crippen molar-refractivity contribution >= 4 is 11.6 Å². The van der Waals surface area contributed by atoms with Crippen LogP contribution in [-0.4, -0.2) is 20.1 Å². The molecule has 0 unspecified atom stereocenters. The minimum absolute atomic E-state index is 0.799. The van der Waals surface area contributed by atoms with Crippen LogP contribution in [-0.2, 0) is 6.54 Å². The number of benzene rings is 1. The van der Waals surface area contributed by atoms with Gasteiger partial charge in [0.05, 0.1) is 0 Å². The van der Waals surface area contributed by atoms with E-state index in [-0.39, 0.29) is 0 Å². The highest BCUT2D eigenvalue weighted by Gasteiger charge is 1.92. The van der Waals surface area contributed by atoms with Crippen molar-refractivity contribution in [1.29, 1.82) is 0 Å². The van der Waals surface area contributed by atoms with E-state index in [0.717, 1.165) is 24.7 Å². The Kier molecular flexibility index (Phi) is 4.83. The number of nitrogens with one attached hydrogen (secondary N) is 2. The molecule has 0 aliphatic rings. The van der Waals surface area contributed by atoms with E-state index in [1.807, 2.05) is 25.2 Å². The van der Waals surface area contributed by atoms with E-state index in [1.54, 1.807) is 0 Å². The van der Waals surface area contributed by atoms with Crippen molar-refractivity contribution in [3.63, 3.8) is 0 Å². The lowest BCUT2D eigenvalue weighted by atomic mass is 10.2. The lowest BCUT2D eigenvalue weighted by Crippen LogP contribution is -2.24. The molecule has 0 saturated carbocycles. The fraction of sp³-hybridized carbons (Fsp3) is 0.400. The molecule has 0 saturated heterocycles. The summed E-state index contributed by atoms with van der Waals surface area (Å²) in [5.41, 5.74) is 1.23. The van der Waals surface area contributed by atoms with Crippen molar-refractivity contribution in [2.45, 2.75) is 6.54 Å². The maximum absolute atomic E-state index is 5.84. The first kappa shape index (κ1) is 10.5. The highest BCUT2D eigenvalue weighted by atomic mass is 35.5. The molecule has 1 aromatic rings. The van der Waals surface area contributed by atoms with Crippen molar-refractivity contribution in [3.8, 4) is 0 Å². The van der Waals surface area contributed by atoms with Gasteiger partial charge in [-0.2, -0.15) is 0 Å². The third-order valence-electron chi connectivity index (χ3n) is 1.77. The summed E-state index contributed by atoms with van der Waals surface area (Å²) < 4.78 is 0. The first-order valence-corrected chi connectivity index (χ1v) is 4.80. The van der Waals surface area contributed by atoms with Gasteiger partial charge in [-0.05, 0) is 24.7 Å². The first-order chi connectivity index (χ1) is 6.33. The fourth-order valence-corrected chi connectivity index (χ4v) is 1.31. The van der Waals surface area contributed by atoms with Crippen LogP contribution in [0.15, 0.2) is 24.3 Å². The zero-order valence-corrected chi connectivity index (χ0v) is 8.56. The molecule has 0 fully saturated rings. The van der Waals surface area contributed by atoms with Crippen molar-refractivity contribution < 1.29 is 0 Å². The normalized spacial score (nSPS) is 10.3. The molecule has 0 spiro atoms. The molecule has 13 heavy (non-hydrogen) atoms. The topological polar surface area (TPSA) is 24.1 Å². The molecule has 2 nitrogen and oxygen atoms in total. The van der Waals surface area contributed by atoms with Crippen LogP contribution in [0.1, 0.15) is 5.56 Å². The number of hydrogen-bond donors (Lipinski definition) is 2. The molecule has 0 bridgehead atoms. The Morgan fingerprint density at radius 2 is 2.15 bits per heavy atom. The molecule has 0 heterocycles. The van der Waals surface area contributed by atoms with Gasteiger partial charge in [0.1, 0.15) is 0 Å². The van der Waals surface area contributed by atoms with Crippen LogP contribution < -0.4 is 10.6 Å². The molecule has 0 aromatic heterocycles. The number of halogens is 1. The number of likely N-dealkylation sites (N-methyl/N-ethyl adjacent to an activating group) is 1. The van der Waals surface area contributed by atoms with E-state index in [4.69, 9.17) is 11.6 Å². The molecule has 72 valence electrons. The van der Waals surface area contributed by atoms with Crippen LogP contribution >= 0.6 is 11.6 Å². The summed E-state index contributed by atoms with van der Waals surface area (Å²) in [5.74, 6) is 0. The Morgan fingerprint density at radius 1 is 1.31 bits per heavy atom. The molecule has 3 heteroatoms. The summed E-state index contributed by atoms with van der Waals surface area (Å²) in [6, 6.07) is 7.91. The zero-order chi connectivity index (χ0) is 9.52. The van der Waals surface area contributed by atoms with Gasteiger partial charge in [0.2, 0.25) is 0 Å². The predicted molar refractivity (Wildman–Crippen MR) is 57.1 cm³/mol. The van der Waals surface area contributed by atoms with Gasteiger partial charge in [0.25, 0.3) is 0 Å². The van der Waals surface area contributed by atoms with Gasteiger partial charge in [0, 0.05) is 24.7 Å². The second-order valence-electron chi connectivity index (χ2n) is 2.91. The average molecular weight is 199 g/mol. The molecule has 0 aliphatic carbocycles. The summed E-state index contributed by atoms with van der Waals surface area (Å²) in [6.45, 7) is 2.84. The maximum atomic E-state index is 5.84. The van der Waals surface area contributed by atoms with Crippen LogP contribution in [0.4, 0.5) is 0 Å². The van der Waals surface area contributed by atoms with Crippen LogP contribution in [0.5, 0.6) is 0 Å². The fourth-order valence-electron chi connectivity index (χ4n) is 1.09. The van der Waals surface area contributed by atoms with Crippen LogP contribution in [0.25, 0.3) is 0 Å². The van der Waals surface area contributed by atoms with E-state index in [0.29, 0.717) is 0 Å². The molecule has 0 radical (unpaired) electrons. The predicted octanol–water partition coefficient (Wildman–Crippen LogP) is 1.65. The number of hydrogen-bond acceptors (Lipinski definition) is 2. The second kappa shape index (κ2) is 5.97. The van der Waals surface area contributed by atoms with Gasteiger partial charge in [-0.3, -0.25) is 0 Å². The van der Waals surface area contributed by atoms with Gasteiger partial charge in [0.15, 0.2) is 0 Å². The van der Waals surface area contributed by atoms with Crippen LogP contribution in [0.3, 0.4) is 0 Å². The molecule has 1 aromatic carbocycles. The lowest BCUT2D eigenvalue weighted by molar-refractivity contribution is 0.651. The highest BCUT2D eigenvalue weighted by Crippen LogP contribution is 2.09. The maximum Gasteiger partial charge on any atom is 0.0409 e. The lowest BCUT2D eigenvalue weighted by Gasteiger charge is -2.04. The van der Waals surface area contributed by atoms with E-state index in [9.17, 15) is 0 Å². The summed E-state index contributed by atoms with van der Waals surface area (Å²) in [6.07, 6.45) is 0. The van der Waals surface area contributed by atoms with Gasteiger partial charge < -0.3 is 10.6 Å². The first-order valence-electron chi connectivity index (χ1n) is 4.42. The largest absolute Gasteiger partial charge is 0.318 e. The Balaban J connectivity index is 2.28. The third kappa shape index (κ3) is 4.27. The minimum Gasteiger partial charge on any atom is -0.318 e. The van der Waals surface area contributed by atoms with Gasteiger partial charge in [-0.15, -0.1) is 0 Å². The summed E-state index contributed by atoms with van der Waals surface area (Å²) >= 11 is 5.84. The van der Waals surface area contributed by atoms with Gasteiger partial charge in [-0.25, -0.2) is 0 Å². The summed E-state index contributed by atoms with van der Waals surface area (Å²) in [4.78, 5) is 0. The third-order valence-corrected chi connectivity index (χ3v) is 2.01. The van der Waals surface area contributed by atoms with Gasteiger partial charge >= 0.3 is 0 Å². The van der Waals surface area contributed by atoms with E-state index >= 15 is 0 Å². The second-order valence-corrected chi connectivity index (χ2v) is 3.35. The molecule has 0 atom stereocenters. The van der Waals surface area contributed by atoms with E-state index in [1.165, 1.54) is 5.56 Å². The molecular formula is C10H15ClN2. The van der Waals surface area contributed by atoms with Crippen molar-refractivity contribution in [1.82, 2.24) is 10.6 Å². The molecule has 0 aliphatic heterocycles. The smallest absolute Gasteiger partial charge is 0.0409 e. The minimum atomic E-state index is 0.799. The Morgan fingerprint density at radius 3 is 2.85 bits per heavy atom. The Bertz CT molecular complexity index is 250. The highest BCUT2D eigenvalue weighted by molar-refractivity contribution is 6.30. The average Bonchev–Trinajstić information content (AvgIpc) is 2.13. The molecule has 1 rings (SSSR count). The van der Waals surface area contributed by atoms with Crippen molar-refractivity contribution in [2.75, 3.05) is 20.1 Å². The Hall–Kier alpha value is -0.570. The van der Waals surface area contributed by atoms with Crippen LogP contribution in [0, 0.1) is 0 Å².